The van der Waals surface area contributed by atoms with Gasteiger partial charge in [-0.25, -0.2) is 4.39 Å². The van der Waals surface area contributed by atoms with Crippen LogP contribution in [0.3, 0.4) is 0 Å². The van der Waals surface area contributed by atoms with Crippen molar-refractivity contribution in [1.82, 2.24) is 5.32 Å². The Kier molecular flexibility index (Phi) is 3.30. The quantitative estimate of drug-likeness (QED) is 0.772. The molecule has 0 saturated carbocycles. The van der Waals surface area contributed by atoms with Crippen LogP contribution in [0.15, 0.2) is 24.3 Å². The Labute approximate surface area is 87.9 Å². The van der Waals surface area contributed by atoms with Crippen LogP contribution in [0.5, 0.6) is 0 Å². The zero-order valence-electron chi connectivity index (χ0n) is 8.32. The molecular formula is C11H14FNO2. The number of nitrogens with one attached hydrogen (secondary N) is 1. The van der Waals surface area contributed by atoms with Gasteiger partial charge >= 0.3 is 0 Å². The van der Waals surface area contributed by atoms with Crippen LogP contribution in [-0.2, 0) is 11.3 Å². The lowest BCUT2D eigenvalue weighted by Crippen LogP contribution is -2.38. The molecule has 0 amide bonds. The van der Waals surface area contributed by atoms with E-state index in [4.69, 9.17) is 4.74 Å². The van der Waals surface area contributed by atoms with E-state index in [-0.39, 0.29) is 11.9 Å². The summed E-state index contributed by atoms with van der Waals surface area (Å²) >= 11 is 0. The van der Waals surface area contributed by atoms with Gasteiger partial charge in [-0.3, -0.25) is 0 Å². The van der Waals surface area contributed by atoms with Crippen LogP contribution in [0.2, 0.25) is 0 Å². The molecule has 0 aromatic heterocycles. The van der Waals surface area contributed by atoms with Crippen LogP contribution in [0.4, 0.5) is 4.39 Å². The molecule has 82 valence electrons. The van der Waals surface area contributed by atoms with Gasteiger partial charge in [-0.15, -0.1) is 0 Å². The third kappa shape index (κ3) is 2.75. The van der Waals surface area contributed by atoms with Gasteiger partial charge < -0.3 is 15.2 Å². The summed E-state index contributed by atoms with van der Waals surface area (Å²) in [6, 6.07) is 6.29. The summed E-state index contributed by atoms with van der Waals surface area (Å²) in [6.45, 7) is 1.54. The van der Waals surface area contributed by atoms with Crippen molar-refractivity contribution in [3.05, 3.63) is 35.6 Å². The Morgan fingerprint density at radius 2 is 2.07 bits per heavy atom. The number of aliphatic hydroxyl groups excluding tert-OH is 1. The highest BCUT2D eigenvalue weighted by Crippen LogP contribution is 2.07. The van der Waals surface area contributed by atoms with Crippen molar-refractivity contribution in [1.29, 1.82) is 0 Å². The van der Waals surface area contributed by atoms with Crippen molar-refractivity contribution in [3.63, 3.8) is 0 Å². The van der Waals surface area contributed by atoms with E-state index in [0.717, 1.165) is 5.56 Å². The number of rotatable bonds is 3. The van der Waals surface area contributed by atoms with Gasteiger partial charge in [-0.05, 0) is 17.7 Å². The van der Waals surface area contributed by atoms with E-state index in [9.17, 15) is 9.50 Å². The van der Waals surface area contributed by atoms with Crippen LogP contribution in [0.25, 0.3) is 0 Å². The first-order valence-corrected chi connectivity index (χ1v) is 4.99. The number of aliphatic hydroxyl groups is 1. The fraction of sp³-hybridized carbons (Fsp3) is 0.455. The number of ether oxygens (including phenoxy) is 1. The Balaban J connectivity index is 1.85. The molecule has 0 spiro atoms. The average Bonchev–Trinajstić information content (AvgIpc) is 2.63. The summed E-state index contributed by atoms with van der Waals surface area (Å²) in [5.74, 6) is -0.233. The molecule has 1 fully saturated rings. The zero-order chi connectivity index (χ0) is 10.7. The molecule has 0 unspecified atom stereocenters. The molecule has 0 bridgehead atoms. The summed E-state index contributed by atoms with van der Waals surface area (Å²) in [7, 11) is 0. The van der Waals surface area contributed by atoms with Crippen molar-refractivity contribution < 1.29 is 14.2 Å². The Hall–Kier alpha value is -0.970. The third-order valence-corrected chi connectivity index (χ3v) is 2.53. The summed E-state index contributed by atoms with van der Waals surface area (Å²) in [6.07, 6.45) is -0.439. The van der Waals surface area contributed by atoms with E-state index < -0.39 is 6.10 Å². The van der Waals surface area contributed by atoms with Gasteiger partial charge in [0.2, 0.25) is 0 Å². The van der Waals surface area contributed by atoms with Gasteiger partial charge in [0, 0.05) is 6.54 Å². The molecule has 15 heavy (non-hydrogen) atoms. The number of benzene rings is 1. The number of hydrogen-bond acceptors (Lipinski definition) is 3. The minimum Gasteiger partial charge on any atom is -0.389 e. The first-order valence-electron chi connectivity index (χ1n) is 4.99. The van der Waals surface area contributed by atoms with Crippen LogP contribution >= 0.6 is 0 Å². The molecule has 1 aromatic carbocycles. The van der Waals surface area contributed by atoms with E-state index in [1.807, 2.05) is 0 Å². The van der Waals surface area contributed by atoms with Crippen LogP contribution < -0.4 is 5.32 Å². The second kappa shape index (κ2) is 4.70. The Bertz CT molecular complexity index is 315. The molecular weight excluding hydrogens is 197 g/mol. The minimum absolute atomic E-state index is 0.0185. The Morgan fingerprint density at radius 1 is 1.33 bits per heavy atom. The lowest BCUT2D eigenvalue weighted by Gasteiger charge is -2.14. The predicted octanol–water partition coefficient (Wildman–Crippen LogP) is 0.675. The maximum absolute atomic E-state index is 12.6. The molecule has 0 aliphatic carbocycles. The van der Waals surface area contributed by atoms with Crippen molar-refractivity contribution in [2.75, 3.05) is 13.2 Å². The molecule has 2 rings (SSSR count). The maximum Gasteiger partial charge on any atom is 0.123 e. The molecule has 1 aromatic rings. The van der Waals surface area contributed by atoms with Crippen molar-refractivity contribution in [2.24, 2.45) is 0 Å². The van der Waals surface area contributed by atoms with Gasteiger partial charge in [-0.2, -0.15) is 0 Å². The first-order chi connectivity index (χ1) is 7.25. The molecule has 2 atom stereocenters. The molecule has 1 heterocycles. The second-order valence-electron chi connectivity index (χ2n) is 3.72. The van der Waals surface area contributed by atoms with Gasteiger partial charge in [0.1, 0.15) is 5.82 Å². The van der Waals surface area contributed by atoms with Gasteiger partial charge in [-0.1, -0.05) is 12.1 Å². The smallest absolute Gasteiger partial charge is 0.123 e. The highest BCUT2D eigenvalue weighted by Gasteiger charge is 2.25. The lowest BCUT2D eigenvalue weighted by atomic mass is 10.2. The van der Waals surface area contributed by atoms with Gasteiger partial charge in [0.25, 0.3) is 0 Å². The van der Waals surface area contributed by atoms with E-state index in [0.29, 0.717) is 19.8 Å². The summed E-state index contributed by atoms with van der Waals surface area (Å²) in [5.41, 5.74) is 0.996. The first kappa shape index (κ1) is 10.5. The highest BCUT2D eigenvalue weighted by atomic mass is 19.1. The molecule has 2 N–H and O–H groups in total. The fourth-order valence-corrected chi connectivity index (χ4v) is 1.59. The highest BCUT2D eigenvalue weighted by molar-refractivity contribution is 5.15. The molecule has 0 radical (unpaired) electrons. The lowest BCUT2D eigenvalue weighted by molar-refractivity contribution is 0.122. The standard InChI is InChI=1S/C11H14FNO2/c12-9-3-1-8(2-4-9)5-13-10-6-15-7-11(10)14/h1-4,10-11,13-14H,5-7H2/t10-,11-/m1/s1. The van der Waals surface area contributed by atoms with Crippen LogP contribution in [-0.4, -0.2) is 30.5 Å². The maximum atomic E-state index is 12.6. The Morgan fingerprint density at radius 3 is 2.67 bits per heavy atom. The van der Waals surface area contributed by atoms with Crippen molar-refractivity contribution in [3.8, 4) is 0 Å². The van der Waals surface area contributed by atoms with Crippen LogP contribution in [0, 0.1) is 5.82 Å². The second-order valence-corrected chi connectivity index (χ2v) is 3.72. The summed E-state index contributed by atoms with van der Waals surface area (Å²) < 4.78 is 17.7. The molecule has 4 heteroatoms. The fourth-order valence-electron chi connectivity index (χ4n) is 1.59. The third-order valence-electron chi connectivity index (χ3n) is 2.53. The van der Waals surface area contributed by atoms with Crippen LogP contribution in [0.1, 0.15) is 5.56 Å². The molecule has 1 saturated heterocycles. The normalized spacial score (nSPS) is 25.7. The van der Waals surface area contributed by atoms with E-state index in [1.165, 1.54) is 12.1 Å². The SMILES string of the molecule is O[C@@H]1COC[C@H]1NCc1ccc(F)cc1. The zero-order valence-corrected chi connectivity index (χ0v) is 8.32. The monoisotopic (exact) mass is 211 g/mol. The molecule has 1 aliphatic rings. The van der Waals surface area contributed by atoms with E-state index in [1.54, 1.807) is 12.1 Å². The average molecular weight is 211 g/mol. The topological polar surface area (TPSA) is 41.5 Å². The molecule has 1 aliphatic heterocycles. The summed E-state index contributed by atoms with van der Waals surface area (Å²) in [4.78, 5) is 0. The van der Waals surface area contributed by atoms with Crippen molar-refractivity contribution >= 4 is 0 Å². The van der Waals surface area contributed by atoms with E-state index in [2.05, 4.69) is 5.32 Å². The molecule has 3 nitrogen and oxygen atoms in total. The largest absolute Gasteiger partial charge is 0.389 e. The van der Waals surface area contributed by atoms with E-state index >= 15 is 0 Å². The van der Waals surface area contributed by atoms with Crippen molar-refractivity contribution in [2.45, 2.75) is 18.7 Å². The van der Waals surface area contributed by atoms with Gasteiger partial charge in [0.05, 0.1) is 25.4 Å². The number of hydrogen-bond donors (Lipinski definition) is 2. The summed E-state index contributed by atoms with van der Waals surface area (Å²) in [5, 5.41) is 12.6. The minimum atomic E-state index is -0.439. The van der Waals surface area contributed by atoms with Gasteiger partial charge in [0.15, 0.2) is 0 Å². The predicted molar refractivity (Wildman–Crippen MR) is 53.9 cm³/mol. The number of halogens is 1.